The van der Waals surface area contributed by atoms with E-state index < -0.39 is 0 Å². The smallest absolute Gasteiger partial charge is 0.0270 e. The second-order valence-electron chi connectivity index (χ2n) is 4.64. The van der Waals surface area contributed by atoms with E-state index in [0.717, 1.165) is 18.9 Å². The van der Waals surface area contributed by atoms with Crippen LogP contribution < -0.4 is 5.32 Å². The van der Waals surface area contributed by atoms with Crippen LogP contribution in [0.2, 0.25) is 0 Å². The van der Waals surface area contributed by atoms with Crippen LogP contribution >= 0.6 is 0 Å². The van der Waals surface area contributed by atoms with Crippen molar-refractivity contribution in [2.24, 2.45) is 5.92 Å². The van der Waals surface area contributed by atoms with Crippen molar-refractivity contribution in [1.29, 1.82) is 0 Å². The fraction of sp³-hybridized carbons (Fsp3) is 0.615. The predicted molar refractivity (Wildman–Crippen MR) is 62.7 cm³/mol. The minimum Gasteiger partial charge on any atom is -0.314 e. The molecule has 1 fully saturated rings. The predicted octanol–water partition coefficient (Wildman–Crippen LogP) is 2.40. The van der Waals surface area contributed by atoms with Crippen LogP contribution in [0.25, 0.3) is 0 Å². The summed E-state index contributed by atoms with van der Waals surface area (Å²) in [6, 6.07) is 4.86. The zero-order valence-electron chi connectivity index (χ0n) is 9.45. The molecule has 1 aliphatic carbocycles. The van der Waals surface area contributed by atoms with Gasteiger partial charge in [0.05, 0.1) is 0 Å². The summed E-state index contributed by atoms with van der Waals surface area (Å²) in [6.45, 7) is 3.38. The number of nitrogens with zero attached hydrogens (tertiary/aromatic N) is 1. The molecule has 1 heterocycles. The van der Waals surface area contributed by atoms with Gasteiger partial charge in [0, 0.05) is 18.4 Å². The SMILES string of the molecule is CC(CC1CC1)NCCc1ccncc1. The Bertz CT molecular complexity index is 280. The minimum atomic E-state index is 0.680. The van der Waals surface area contributed by atoms with E-state index in [4.69, 9.17) is 0 Å². The second-order valence-corrected chi connectivity index (χ2v) is 4.64. The molecule has 0 aliphatic heterocycles. The van der Waals surface area contributed by atoms with Gasteiger partial charge in [0.2, 0.25) is 0 Å². The summed E-state index contributed by atoms with van der Waals surface area (Å²) in [4.78, 5) is 4.02. The van der Waals surface area contributed by atoms with Crippen molar-refractivity contribution in [3.63, 3.8) is 0 Å². The van der Waals surface area contributed by atoms with Gasteiger partial charge in [-0.1, -0.05) is 12.8 Å². The van der Waals surface area contributed by atoms with Crippen molar-refractivity contribution in [3.8, 4) is 0 Å². The van der Waals surface area contributed by atoms with Crippen LogP contribution in [0.3, 0.4) is 0 Å². The lowest BCUT2D eigenvalue weighted by atomic mass is 10.1. The molecule has 0 aromatic carbocycles. The summed E-state index contributed by atoms with van der Waals surface area (Å²) in [6.07, 6.45) is 9.10. The number of nitrogens with one attached hydrogen (secondary N) is 1. The highest BCUT2D eigenvalue weighted by atomic mass is 14.9. The first kappa shape index (κ1) is 10.6. The van der Waals surface area contributed by atoms with E-state index >= 15 is 0 Å². The Morgan fingerprint density at radius 3 is 2.80 bits per heavy atom. The van der Waals surface area contributed by atoms with E-state index in [1.54, 1.807) is 0 Å². The van der Waals surface area contributed by atoms with Crippen LogP contribution in [0.15, 0.2) is 24.5 Å². The number of hydrogen-bond acceptors (Lipinski definition) is 2. The highest BCUT2D eigenvalue weighted by molar-refractivity contribution is 5.09. The van der Waals surface area contributed by atoms with Crippen LogP contribution in [0.5, 0.6) is 0 Å². The molecule has 1 saturated carbocycles. The largest absolute Gasteiger partial charge is 0.314 e. The van der Waals surface area contributed by atoms with Gasteiger partial charge in [-0.25, -0.2) is 0 Å². The Labute approximate surface area is 92.1 Å². The van der Waals surface area contributed by atoms with Gasteiger partial charge in [-0.15, -0.1) is 0 Å². The third-order valence-corrected chi connectivity index (χ3v) is 3.04. The van der Waals surface area contributed by atoms with Crippen molar-refractivity contribution in [2.75, 3.05) is 6.54 Å². The molecule has 1 unspecified atom stereocenters. The Kier molecular flexibility index (Phi) is 3.73. The monoisotopic (exact) mass is 204 g/mol. The minimum absolute atomic E-state index is 0.680. The molecule has 15 heavy (non-hydrogen) atoms. The molecule has 1 aliphatic rings. The van der Waals surface area contributed by atoms with E-state index in [9.17, 15) is 0 Å². The third kappa shape index (κ3) is 4.00. The first-order valence-electron chi connectivity index (χ1n) is 5.97. The Hall–Kier alpha value is -0.890. The van der Waals surface area contributed by atoms with Crippen LogP contribution in [-0.2, 0) is 6.42 Å². The van der Waals surface area contributed by atoms with Crippen molar-refractivity contribution in [2.45, 2.75) is 38.6 Å². The quantitative estimate of drug-likeness (QED) is 0.769. The highest BCUT2D eigenvalue weighted by Crippen LogP contribution is 2.33. The van der Waals surface area contributed by atoms with Gasteiger partial charge in [-0.2, -0.15) is 0 Å². The van der Waals surface area contributed by atoms with Crippen molar-refractivity contribution in [3.05, 3.63) is 30.1 Å². The Morgan fingerprint density at radius 2 is 2.13 bits per heavy atom. The molecule has 1 N–H and O–H groups in total. The van der Waals surface area contributed by atoms with Gasteiger partial charge in [-0.3, -0.25) is 4.98 Å². The maximum atomic E-state index is 4.02. The van der Waals surface area contributed by atoms with E-state index in [1.165, 1.54) is 24.8 Å². The molecule has 1 aromatic heterocycles. The summed E-state index contributed by atoms with van der Waals surface area (Å²) in [5.74, 6) is 1.02. The molecule has 1 atom stereocenters. The maximum Gasteiger partial charge on any atom is 0.0270 e. The Morgan fingerprint density at radius 1 is 1.40 bits per heavy atom. The van der Waals surface area contributed by atoms with E-state index in [0.29, 0.717) is 6.04 Å². The van der Waals surface area contributed by atoms with Crippen molar-refractivity contribution >= 4 is 0 Å². The maximum absolute atomic E-state index is 4.02. The molecule has 0 saturated heterocycles. The zero-order valence-corrected chi connectivity index (χ0v) is 9.45. The first-order valence-corrected chi connectivity index (χ1v) is 5.97. The van der Waals surface area contributed by atoms with Crippen LogP contribution in [0, 0.1) is 5.92 Å². The summed E-state index contributed by atoms with van der Waals surface area (Å²) in [5.41, 5.74) is 1.37. The zero-order chi connectivity index (χ0) is 10.5. The molecule has 2 nitrogen and oxygen atoms in total. The van der Waals surface area contributed by atoms with Gasteiger partial charge in [0.15, 0.2) is 0 Å². The molecule has 2 rings (SSSR count). The number of pyridine rings is 1. The standard InChI is InChI=1S/C13H20N2/c1-11(10-13-2-3-13)15-9-6-12-4-7-14-8-5-12/h4-5,7-8,11,13,15H,2-3,6,9-10H2,1H3. The van der Waals surface area contributed by atoms with E-state index in [1.807, 2.05) is 12.4 Å². The molecule has 0 spiro atoms. The van der Waals surface area contributed by atoms with Gasteiger partial charge in [0.25, 0.3) is 0 Å². The molecule has 0 radical (unpaired) electrons. The number of aromatic nitrogens is 1. The number of hydrogen-bond donors (Lipinski definition) is 1. The topological polar surface area (TPSA) is 24.9 Å². The Balaban J connectivity index is 1.61. The van der Waals surface area contributed by atoms with E-state index in [-0.39, 0.29) is 0 Å². The molecule has 2 heteroatoms. The highest BCUT2D eigenvalue weighted by Gasteiger charge is 2.22. The average molecular weight is 204 g/mol. The number of rotatable bonds is 6. The van der Waals surface area contributed by atoms with Gasteiger partial charge in [0.1, 0.15) is 0 Å². The van der Waals surface area contributed by atoms with Crippen LogP contribution in [-0.4, -0.2) is 17.6 Å². The fourth-order valence-electron chi connectivity index (χ4n) is 1.95. The normalized spacial score (nSPS) is 17.7. The molecular formula is C13H20N2. The molecule has 0 amide bonds. The summed E-state index contributed by atoms with van der Waals surface area (Å²) < 4.78 is 0. The molecule has 82 valence electrons. The van der Waals surface area contributed by atoms with Gasteiger partial charge >= 0.3 is 0 Å². The van der Waals surface area contributed by atoms with Crippen LogP contribution in [0.4, 0.5) is 0 Å². The average Bonchev–Trinajstić information content (AvgIpc) is 3.03. The lowest BCUT2D eigenvalue weighted by molar-refractivity contribution is 0.491. The lowest BCUT2D eigenvalue weighted by Crippen LogP contribution is -2.28. The lowest BCUT2D eigenvalue weighted by Gasteiger charge is -2.12. The first-order chi connectivity index (χ1) is 7.34. The second kappa shape index (κ2) is 5.26. The molecule has 1 aromatic rings. The summed E-state index contributed by atoms with van der Waals surface area (Å²) in [7, 11) is 0. The van der Waals surface area contributed by atoms with Crippen LogP contribution in [0.1, 0.15) is 31.7 Å². The van der Waals surface area contributed by atoms with Crippen molar-refractivity contribution in [1.82, 2.24) is 10.3 Å². The third-order valence-electron chi connectivity index (χ3n) is 3.04. The van der Waals surface area contributed by atoms with Gasteiger partial charge in [-0.05, 0) is 49.9 Å². The van der Waals surface area contributed by atoms with Gasteiger partial charge < -0.3 is 5.32 Å². The molecular weight excluding hydrogens is 184 g/mol. The fourth-order valence-corrected chi connectivity index (χ4v) is 1.95. The van der Waals surface area contributed by atoms with Crippen molar-refractivity contribution < 1.29 is 0 Å². The molecule has 0 bridgehead atoms. The summed E-state index contributed by atoms with van der Waals surface area (Å²) in [5, 5.41) is 3.58. The summed E-state index contributed by atoms with van der Waals surface area (Å²) >= 11 is 0. The van der Waals surface area contributed by atoms with E-state index in [2.05, 4.69) is 29.4 Å².